The van der Waals surface area contributed by atoms with Gasteiger partial charge in [-0.25, -0.2) is 0 Å². The number of fused-ring (bicyclic) bond motifs is 1. The summed E-state index contributed by atoms with van der Waals surface area (Å²) in [6, 6.07) is 10.2. The first-order valence-corrected chi connectivity index (χ1v) is 8.52. The van der Waals surface area contributed by atoms with Crippen LogP contribution in [0.25, 0.3) is 17.0 Å². The molecule has 8 heteroatoms. The molecular formula is C20H18F3N3O2. The van der Waals surface area contributed by atoms with Crippen LogP contribution >= 0.6 is 0 Å². The molecule has 0 unspecified atom stereocenters. The Labute approximate surface area is 159 Å². The summed E-state index contributed by atoms with van der Waals surface area (Å²) in [5.74, 6) is -0.296. The third-order valence-corrected chi connectivity index (χ3v) is 4.00. The maximum Gasteiger partial charge on any atom is 0.422 e. The summed E-state index contributed by atoms with van der Waals surface area (Å²) in [5.41, 5.74) is 2.38. The topological polar surface area (TPSA) is 67.0 Å². The summed E-state index contributed by atoms with van der Waals surface area (Å²) < 4.78 is 41.1. The number of aromatic amines is 1. The van der Waals surface area contributed by atoms with Gasteiger partial charge in [0.1, 0.15) is 5.75 Å². The number of rotatable bonds is 6. The number of amides is 1. The highest BCUT2D eigenvalue weighted by Crippen LogP contribution is 2.20. The van der Waals surface area contributed by atoms with Crippen LogP contribution in [0.5, 0.6) is 5.75 Å². The van der Waals surface area contributed by atoms with Gasteiger partial charge in [0.2, 0.25) is 5.91 Å². The lowest BCUT2D eigenvalue weighted by Gasteiger charge is -2.13. The van der Waals surface area contributed by atoms with E-state index < -0.39 is 18.8 Å². The Kier molecular flexibility index (Phi) is 5.67. The lowest BCUT2D eigenvalue weighted by Crippen LogP contribution is -2.25. The molecule has 1 amide bonds. The highest BCUT2D eigenvalue weighted by Gasteiger charge is 2.28. The fourth-order valence-electron chi connectivity index (χ4n) is 2.63. The van der Waals surface area contributed by atoms with Crippen LogP contribution in [0.15, 0.2) is 54.9 Å². The number of ether oxygens (including phenoxy) is 1. The lowest BCUT2D eigenvalue weighted by molar-refractivity contribution is -0.153. The van der Waals surface area contributed by atoms with Crippen molar-refractivity contribution in [3.63, 3.8) is 0 Å². The molecule has 1 atom stereocenters. The van der Waals surface area contributed by atoms with Crippen molar-refractivity contribution in [3.05, 3.63) is 66.1 Å². The van der Waals surface area contributed by atoms with Gasteiger partial charge in [-0.2, -0.15) is 13.2 Å². The van der Waals surface area contributed by atoms with E-state index in [0.29, 0.717) is 5.69 Å². The van der Waals surface area contributed by atoms with Gasteiger partial charge >= 0.3 is 6.18 Å². The Hall–Kier alpha value is -3.29. The molecule has 0 bridgehead atoms. The molecule has 146 valence electrons. The van der Waals surface area contributed by atoms with E-state index in [0.717, 1.165) is 16.5 Å². The molecule has 0 aliphatic heterocycles. The molecule has 0 spiro atoms. The molecule has 2 aromatic heterocycles. The molecule has 0 aliphatic rings. The zero-order chi connectivity index (χ0) is 20.1. The van der Waals surface area contributed by atoms with E-state index in [2.05, 4.69) is 20.0 Å². The predicted molar refractivity (Wildman–Crippen MR) is 99.7 cm³/mol. The molecule has 3 aromatic rings. The fraction of sp³-hybridized carbons (Fsp3) is 0.200. The number of benzene rings is 1. The average Bonchev–Trinajstić information content (AvgIpc) is 3.08. The molecule has 0 saturated carbocycles. The fourth-order valence-corrected chi connectivity index (χ4v) is 2.63. The number of nitrogens with one attached hydrogen (secondary N) is 2. The maximum absolute atomic E-state index is 12.2. The SMILES string of the molecule is C[C@@H](NC(=O)/C=C/c1c[nH]c2ccccc12)c1ccc(OCC(F)(F)F)cn1. The molecule has 5 nitrogen and oxygen atoms in total. The summed E-state index contributed by atoms with van der Waals surface area (Å²) in [5, 5.41) is 3.77. The Bertz CT molecular complexity index is 978. The number of alkyl halides is 3. The Balaban J connectivity index is 1.58. The second-order valence-electron chi connectivity index (χ2n) is 6.18. The highest BCUT2D eigenvalue weighted by molar-refractivity contribution is 5.96. The molecule has 1 aromatic carbocycles. The van der Waals surface area contributed by atoms with Crippen LogP contribution < -0.4 is 10.1 Å². The summed E-state index contributed by atoms with van der Waals surface area (Å²) in [6.45, 7) is 0.356. The van der Waals surface area contributed by atoms with Crippen molar-refractivity contribution in [1.29, 1.82) is 0 Å². The van der Waals surface area contributed by atoms with E-state index in [4.69, 9.17) is 0 Å². The number of carbonyl (C=O) groups excluding carboxylic acids is 1. The van der Waals surface area contributed by atoms with E-state index in [1.165, 1.54) is 24.4 Å². The average molecular weight is 389 g/mol. The number of carbonyl (C=O) groups is 1. The van der Waals surface area contributed by atoms with E-state index >= 15 is 0 Å². The molecule has 3 rings (SSSR count). The van der Waals surface area contributed by atoms with Crippen molar-refractivity contribution in [1.82, 2.24) is 15.3 Å². The third-order valence-electron chi connectivity index (χ3n) is 4.00. The normalized spacial score (nSPS) is 13.0. The molecule has 0 aliphatic carbocycles. The van der Waals surface area contributed by atoms with Gasteiger partial charge in [-0.15, -0.1) is 0 Å². The zero-order valence-electron chi connectivity index (χ0n) is 15.0. The lowest BCUT2D eigenvalue weighted by atomic mass is 10.1. The smallest absolute Gasteiger partial charge is 0.422 e. The Morgan fingerprint density at radius 2 is 2.07 bits per heavy atom. The molecule has 0 saturated heterocycles. The van der Waals surface area contributed by atoms with Crippen molar-refractivity contribution in [2.24, 2.45) is 0 Å². The van der Waals surface area contributed by atoms with Crippen LogP contribution in [0.4, 0.5) is 13.2 Å². The number of halogens is 3. The maximum atomic E-state index is 12.2. The number of H-pyrrole nitrogens is 1. The van der Waals surface area contributed by atoms with Gasteiger partial charge < -0.3 is 15.0 Å². The third kappa shape index (κ3) is 5.12. The van der Waals surface area contributed by atoms with Gasteiger partial charge in [-0.3, -0.25) is 9.78 Å². The minimum Gasteiger partial charge on any atom is -0.483 e. The second-order valence-corrected chi connectivity index (χ2v) is 6.18. The summed E-state index contributed by atoms with van der Waals surface area (Å²) in [6.07, 6.45) is 1.75. The first-order valence-electron chi connectivity index (χ1n) is 8.52. The van der Waals surface area contributed by atoms with E-state index in [1.807, 2.05) is 30.5 Å². The van der Waals surface area contributed by atoms with Crippen molar-refractivity contribution in [2.75, 3.05) is 6.61 Å². The van der Waals surface area contributed by atoms with Gasteiger partial charge in [-0.05, 0) is 36.8 Å². The van der Waals surface area contributed by atoms with Crippen LogP contribution in [0.3, 0.4) is 0 Å². The van der Waals surface area contributed by atoms with Crippen molar-refractivity contribution < 1.29 is 22.7 Å². The van der Waals surface area contributed by atoms with E-state index in [1.54, 1.807) is 13.0 Å². The monoisotopic (exact) mass is 389 g/mol. The number of para-hydroxylation sites is 1. The largest absolute Gasteiger partial charge is 0.483 e. The second kappa shape index (κ2) is 8.16. The van der Waals surface area contributed by atoms with E-state index in [9.17, 15) is 18.0 Å². The molecule has 2 N–H and O–H groups in total. The van der Waals surface area contributed by atoms with Gasteiger partial charge in [0.05, 0.1) is 17.9 Å². The minimum atomic E-state index is -4.41. The Morgan fingerprint density at radius 3 is 2.79 bits per heavy atom. The number of nitrogens with zero attached hydrogens (tertiary/aromatic N) is 1. The summed E-state index contributed by atoms with van der Waals surface area (Å²) in [7, 11) is 0. The van der Waals surface area contributed by atoms with Gasteiger partial charge in [0.15, 0.2) is 6.61 Å². The molecule has 28 heavy (non-hydrogen) atoms. The van der Waals surface area contributed by atoms with Crippen LogP contribution in [0.1, 0.15) is 24.2 Å². The van der Waals surface area contributed by atoms with Gasteiger partial charge in [0.25, 0.3) is 0 Å². The first-order chi connectivity index (χ1) is 13.3. The first kappa shape index (κ1) is 19.5. The molecule has 0 fully saturated rings. The summed E-state index contributed by atoms with van der Waals surface area (Å²) in [4.78, 5) is 19.3. The van der Waals surface area contributed by atoms with Crippen molar-refractivity contribution >= 4 is 22.9 Å². The number of pyridine rings is 1. The molecule has 0 radical (unpaired) electrons. The van der Waals surface area contributed by atoms with Crippen molar-refractivity contribution in [3.8, 4) is 5.75 Å². The van der Waals surface area contributed by atoms with Crippen molar-refractivity contribution in [2.45, 2.75) is 19.1 Å². The molecule has 2 heterocycles. The summed E-state index contributed by atoms with van der Waals surface area (Å²) >= 11 is 0. The highest BCUT2D eigenvalue weighted by atomic mass is 19.4. The Morgan fingerprint density at radius 1 is 1.29 bits per heavy atom. The number of hydrogen-bond donors (Lipinski definition) is 2. The quantitative estimate of drug-likeness (QED) is 0.615. The van der Waals surface area contributed by atoms with Crippen LogP contribution in [0.2, 0.25) is 0 Å². The minimum absolute atomic E-state index is 0.0128. The van der Waals surface area contributed by atoms with Gasteiger partial charge in [0, 0.05) is 23.2 Å². The number of aromatic nitrogens is 2. The van der Waals surface area contributed by atoms with Crippen LogP contribution in [-0.4, -0.2) is 28.7 Å². The standard InChI is InChI=1S/C20H18F3N3O2/c1-13(17-8-7-15(11-25-17)28-12-20(21,22)23)26-19(27)9-6-14-10-24-18-5-3-2-4-16(14)18/h2-11,13,24H,12H2,1H3,(H,26,27)/b9-6+/t13-/m1/s1. The van der Waals surface area contributed by atoms with Crippen LogP contribution in [-0.2, 0) is 4.79 Å². The number of hydrogen-bond acceptors (Lipinski definition) is 3. The van der Waals surface area contributed by atoms with Crippen LogP contribution in [0, 0.1) is 0 Å². The predicted octanol–water partition coefficient (Wildman–Crippen LogP) is 4.39. The van der Waals surface area contributed by atoms with Gasteiger partial charge in [-0.1, -0.05) is 18.2 Å². The van der Waals surface area contributed by atoms with E-state index in [-0.39, 0.29) is 11.7 Å². The molecular weight excluding hydrogens is 371 g/mol. The zero-order valence-corrected chi connectivity index (χ0v) is 15.0.